The molecule has 2 atom stereocenters. The minimum atomic E-state index is -4.47. The Kier molecular flexibility index (Phi) is 6.23. The molecule has 0 bridgehead atoms. The molecule has 176 valence electrons. The van der Waals surface area contributed by atoms with Gasteiger partial charge in [0.2, 0.25) is 10.0 Å². The van der Waals surface area contributed by atoms with E-state index in [1.54, 1.807) is 25.1 Å². The van der Waals surface area contributed by atoms with E-state index in [1.165, 1.54) is 21.7 Å². The predicted molar refractivity (Wildman–Crippen MR) is 121 cm³/mol. The van der Waals surface area contributed by atoms with E-state index in [1.807, 2.05) is 17.2 Å². The molecule has 0 N–H and O–H groups in total. The number of thiophene rings is 1. The average Bonchev–Trinajstić information content (AvgIpc) is 3.17. The van der Waals surface area contributed by atoms with Gasteiger partial charge in [0.15, 0.2) is 0 Å². The third kappa shape index (κ3) is 4.36. The molecule has 0 radical (unpaired) electrons. The second kappa shape index (κ2) is 8.69. The van der Waals surface area contributed by atoms with Crippen LogP contribution in [0, 0.1) is 0 Å². The van der Waals surface area contributed by atoms with Crippen LogP contribution in [-0.2, 0) is 27.4 Å². The highest BCUT2D eigenvalue weighted by Crippen LogP contribution is 2.33. The number of fused-ring (bicyclic) bond motifs is 1. The molecule has 1 aromatic carbocycles. The fraction of sp³-hybridized carbons (Fsp3) is 0.364. The monoisotopic (exact) mass is 497 g/mol. The molecule has 4 rings (SSSR count). The molecule has 33 heavy (non-hydrogen) atoms. The summed E-state index contributed by atoms with van der Waals surface area (Å²) in [5.41, 5.74) is -0.0346. The number of carbonyl (C=O) groups is 1. The number of anilines is 1. The maximum atomic E-state index is 13.5. The van der Waals surface area contributed by atoms with Crippen molar-refractivity contribution >= 4 is 43.6 Å². The maximum absolute atomic E-state index is 13.5. The molecule has 0 amide bonds. The first-order chi connectivity index (χ1) is 15.5. The number of hydrogen-bond acceptors (Lipinski definition) is 6. The zero-order valence-corrected chi connectivity index (χ0v) is 19.5. The second-order valence-corrected chi connectivity index (χ2v) is 10.8. The highest BCUT2D eigenvalue weighted by Gasteiger charge is 2.39. The van der Waals surface area contributed by atoms with Crippen LogP contribution in [0.1, 0.15) is 25.0 Å². The number of halogens is 3. The van der Waals surface area contributed by atoms with Gasteiger partial charge in [-0.3, -0.25) is 0 Å². The van der Waals surface area contributed by atoms with Gasteiger partial charge in [0.05, 0.1) is 10.5 Å². The summed E-state index contributed by atoms with van der Waals surface area (Å²) in [5.74, 6) is 0.373. The van der Waals surface area contributed by atoms with Crippen LogP contribution in [0.3, 0.4) is 0 Å². The first kappa shape index (κ1) is 23.7. The Morgan fingerprint density at radius 3 is 2.55 bits per heavy atom. The number of aldehydes is 1. The van der Waals surface area contributed by atoms with Crippen LogP contribution < -0.4 is 4.90 Å². The summed E-state index contributed by atoms with van der Waals surface area (Å²) in [7, 11) is -3.82. The van der Waals surface area contributed by atoms with E-state index in [2.05, 4.69) is 4.98 Å². The number of rotatable bonds is 5. The summed E-state index contributed by atoms with van der Waals surface area (Å²) in [6, 6.07) is 6.47. The Balaban J connectivity index is 1.59. The molecule has 3 aromatic rings. The zero-order chi connectivity index (χ0) is 24.0. The molecule has 6 nitrogen and oxygen atoms in total. The van der Waals surface area contributed by atoms with Crippen LogP contribution in [0.5, 0.6) is 0 Å². The van der Waals surface area contributed by atoms with Crippen molar-refractivity contribution in [3.63, 3.8) is 0 Å². The average molecular weight is 498 g/mol. The summed E-state index contributed by atoms with van der Waals surface area (Å²) in [6.45, 7) is 4.06. The van der Waals surface area contributed by atoms with Gasteiger partial charge in [-0.05, 0) is 60.5 Å². The Labute approximate surface area is 193 Å². The Hall–Kier alpha value is -2.50. The van der Waals surface area contributed by atoms with Crippen LogP contribution in [0.2, 0.25) is 0 Å². The molecule has 11 heteroatoms. The highest BCUT2D eigenvalue weighted by molar-refractivity contribution is 7.89. The molecular formula is C22H22F3N3O3S2. The molecule has 0 unspecified atom stereocenters. The summed E-state index contributed by atoms with van der Waals surface area (Å²) < 4.78 is 67.8. The number of hydrogen-bond donors (Lipinski definition) is 0. The standard InChI is InChI=1S/C22H22F3N3O3S2/c1-14-15(2)28(9-8-27(14)21-6-3-17(12-26-21)22(23,24)25)33(30,31)18-4-5-20-19(11-18)16(7-10-29)13-32-20/h3-6,10-15H,7-9H2,1-2H3/t14-,15+/m0/s1. The van der Waals surface area contributed by atoms with Gasteiger partial charge in [-0.15, -0.1) is 11.3 Å². The lowest BCUT2D eigenvalue weighted by Gasteiger charge is -2.44. The largest absolute Gasteiger partial charge is 0.417 e. The van der Waals surface area contributed by atoms with Gasteiger partial charge in [0.1, 0.15) is 12.1 Å². The normalized spacial score (nSPS) is 20.3. The van der Waals surface area contributed by atoms with Gasteiger partial charge >= 0.3 is 6.18 Å². The fourth-order valence-corrected chi connectivity index (χ4v) is 6.77. The Morgan fingerprint density at radius 2 is 1.91 bits per heavy atom. The summed E-state index contributed by atoms with van der Waals surface area (Å²) in [6.07, 6.45) is -2.66. The van der Waals surface area contributed by atoms with E-state index in [-0.39, 0.29) is 23.9 Å². The van der Waals surface area contributed by atoms with Crippen LogP contribution in [0.15, 0.2) is 46.8 Å². The highest BCUT2D eigenvalue weighted by atomic mass is 32.2. The van der Waals surface area contributed by atoms with Crippen molar-refractivity contribution in [2.45, 2.75) is 43.4 Å². The van der Waals surface area contributed by atoms with Crippen molar-refractivity contribution in [2.75, 3.05) is 18.0 Å². The van der Waals surface area contributed by atoms with E-state index in [0.29, 0.717) is 12.4 Å². The van der Waals surface area contributed by atoms with Crippen molar-refractivity contribution in [3.8, 4) is 0 Å². The quantitative estimate of drug-likeness (QED) is 0.491. The molecule has 1 fully saturated rings. The Morgan fingerprint density at radius 1 is 1.15 bits per heavy atom. The molecule has 2 aromatic heterocycles. The van der Waals surface area contributed by atoms with Crippen LogP contribution >= 0.6 is 11.3 Å². The SMILES string of the molecule is C[C@@H]1[C@H](C)N(c2ccc(C(F)(F)F)cn2)CCN1S(=O)(=O)c1ccc2scc(CC=O)c2c1. The lowest BCUT2D eigenvalue weighted by Crippen LogP contribution is -2.59. The number of nitrogens with zero attached hydrogens (tertiary/aromatic N) is 3. The predicted octanol–water partition coefficient (Wildman–Crippen LogP) is 4.34. The van der Waals surface area contributed by atoms with Crippen molar-refractivity contribution in [2.24, 2.45) is 0 Å². The van der Waals surface area contributed by atoms with Gasteiger partial charge in [-0.2, -0.15) is 17.5 Å². The van der Waals surface area contributed by atoms with Crippen LogP contribution in [0.25, 0.3) is 10.1 Å². The summed E-state index contributed by atoms with van der Waals surface area (Å²) in [5, 5.41) is 2.61. The minimum Gasteiger partial charge on any atom is -0.351 e. The van der Waals surface area contributed by atoms with Gasteiger partial charge < -0.3 is 9.69 Å². The van der Waals surface area contributed by atoms with Crippen molar-refractivity contribution in [1.82, 2.24) is 9.29 Å². The molecule has 1 aliphatic rings. The smallest absolute Gasteiger partial charge is 0.351 e. The molecule has 0 saturated carbocycles. The van der Waals surface area contributed by atoms with Gasteiger partial charge in [-0.25, -0.2) is 13.4 Å². The van der Waals surface area contributed by atoms with Crippen molar-refractivity contribution in [3.05, 3.63) is 53.0 Å². The van der Waals surface area contributed by atoms with Crippen molar-refractivity contribution in [1.29, 1.82) is 0 Å². The van der Waals surface area contributed by atoms with Gasteiger partial charge in [0.25, 0.3) is 0 Å². The zero-order valence-electron chi connectivity index (χ0n) is 17.9. The van der Waals surface area contributed by atoms with E-state index in [4.69, 9.17) is 0 Å². The molecule has 1 aliphatic heterocycles. The van der Waals surface area contributed by atoms with Crippen molar-refractivity contribution < 1.29 is 26.4 Å². The molecule has 3 heterocycles. The van der Waals surface area contributed by atoms with Gasteiger partial charge in [-0.1, -0.05) is 0 Å². The Bertz CT molecular complexity index is 1270. The second-order valence-electron chi connectivity index (χ2n) is 7.98. The van der Waals surface area contributed by atoms with Crippen LogP contribution in [0.4, 0.5) is 19.0 Å². The summed E-state index contributed by atoms with van der Waals surface area (Å²) in [4.78, 5) is 16.9. The topological polar surface area (TPSA) is 70.6 Å². The number of benzene rings is 1. The number of carbonyl (C=O) groups excluding carboxylic acids is 1. The lowest BCUT2D eigenvalue weighted by molar-refractivity contribution is -0.137. The van der Waals surface area contributed by atoms with E-state index >= 15 is 0 Å². The number of pyridine rings is 1. The van der Waals surface area contributed by atoms with E-state index < -0.39 is 27.8 Å². The molecule has 0 aliphatic carbocycles. The molecular weight excluding hydrogens is 475 g/mol. The van der Waals surface area contributed by atoms with Gasteiger partial charge in [0, 0.05) is 42.5 Å². The number of piperazine rings is 1. The molecule has 0 spiro atoms. The first-order valence-corrected chi connectivity index (χ1v) is 12.6. The minimum absolute atomic E-state index is 0.153. The van der Waals surface area contributed by atoms with E-state index in [9.17, 15) is 26.4 Å². The first-order valence-electron chi connectivity index (χ1n) is 10.3. The fourth-order valence-electron chi connectivity index (χ4n) is 4.11. The third-order valence-corrected chi connectivity index (χ3v) is 9.10. The third-order valence-electron chi connectivity index (χ3n) is 6.11. The molecule has 1 saturated heterocycles. The van der Waals surface area contributed by atoms with E-state index in [0.717, 1.165) is 34.2 Å². The summed E-state index contributed by atoms with van der Waals surface area (Å²) >= 11 is 1.46. The number of sulfonamides is 1. The lowest BCUT2D eigenvalue weighted by atomic mass is 10.1. The van der Waals surface area contributed by atoms with Crippen LogP contribution in [-0.4, -0.2) is 49.2 Å². The number of alkyl halides is 3. The maximum Gasteiger partial charge on any atom is 0.417 e. The number of aromatic nitrogens is 1.